The molecule has 0 aromatic heterocycles. The Morgan fingerprint density at radius 1 is 1.42 bits per heavy atom. The lowest BCUT2D eigenvalue weighted by molar-refractivity contribution is 0.0951. The van der Waals surface area contributed by atoms with Crippen LogP contribution < -0.4 is 5.32 Å². The average Bonchev–Trinajstić information content (AvgIpc) is 2.69. The first-order valence-electron chi connectivity index (χ1n) is 6.20. The van der Waals surface area contributed by atoms with E-state index in [0.717, 1.165) is 17.3 Å². The van der Waals surface area contributed by atoms with Gasteiger partial charge in [0.05, 0.1) is 11.5 Å². The summed E-state index contributed by atoms with van der Waals surface area (Å²) in [6.45, 7) is 0.519. The molecule has 4 nitrogen and oxygen atoms in total. The Morgan fingerprint density at radius 2 is 2.21 bits per heavy atom. The molecule has 1 atom stereocenters. The van der Waals surface area contributed by atoms with Gasteiger partial charge in [0.25, 0.3) is 5.91 Å². The standard InChI is InChI=1S/C13H16BrNO3S/c14-12-3-1-2-11(8-12)13(16)15-6-4-10-5-7-19(17,18)9-10/h1-3,8,10H,4-7,9H2,(H,15,16). The summed E-state index contributed by atoms with van der Waals surface area (Å²) in [4.78, 5) is 11.8. The summed E-state index contributed by atoms with van der Waals surface area (Å²) < 4.78 is 23.5. The van der Waals surface area contributed by atoms with Crippen LogP contribution in [0.4, 0.5) is 0 Å². The highest BCUT2D eigenvalue weighted by Gasteiger charge is 2.27. The predicted molar refractivity (Wildman–Crippen MR) is 77.9 cm³/mol. The number of nitrogens with one attached hydrogen (secondary N) is 1. The molecule has 2 rings (SSSR count). The SMILES string of the molecule is O=C(NCCC1CCS(=O)(=O)C1)c1cccc(Br)c1. The zero-order valence-electron chi connectivity index (χ0n) is 10.4. The average molecular weight is 346 g/mol. The molecular weight excluding hydrogens is 330 g/mol. The zero-order chi connectivity index (χ0) is 13.9. The molecule has 19 heavy (non-hydrogen) atoms. The van der Waals surface area contributed by atoms with Crippen molar-refractivity contribution in [2.45, 2.75) is 12.8 Å². The Balaban J connectivity index is 1.79. The fraction of sp³-hybridized carbons (Fsp3) is 0.462. The molecule has 1 saturated heterocycles. The topological polar surface area (TPSA) is 63.2 Å². The van der Waals surface area contributed by atoms with E-state index in [4.69, 9.17) is 0 Å². The van der Waals surface area contributed by atoms with Gasteiger partial charge in [0.2, 0.25) is 0 Å². The molecule has 0 radical (unpaired) electrons. The van der Waals surface area contributed by atoms with Crippen molar-refractivity contribution >= 4 is 31.7 Å². The number of carbonyl (C=O) groups is 1. The second kappa shape index (κ2) is 6.05. The van der Waals surface area contributed by atoms with Crippen LogP contribution in [0.1, 0.15) is 23.2 Å². The molecule has 1 aromatic rings. The number of halogens is 1. The third-order valence-corrected chi connectivity index (χ3v) is 5.58. The van der Waals surface area contributed by atoms with E-state index < -0.39 is 9.84 Å². The van der Waals surface area contributed by atoms with Crippen molar-refractivity contribution in [3.63, 3.8) is 0 Å². The van der Waals surface area contributed by atoms with Gasteiger partial charge in [-0.2, -0.15) is 0 Å². The van der Waals surface area contributed by atoms with E-state index in [2.05, 4.69) is 21.2 Å². The highest BCUT2D eigenvalue weighted by atomic mass is 79.9. The quantitative estimate of drug-likeness (QED) is 0.907. The van der Waals surface area contributed by atoms with Gasteiger partial charge < -0.3 is 5.32 Å². The minimum absolute atomic E-state index is 0.123. The van der Waals surface area contributed by atoms with E-state index in [1.807, 2.05) is 12.1 Å². The normalized spacial score (nSPS) is 21.2. The van der Waals surface area contributed by atoms with Gasteiger partial charge in [0.1, 0.15) is 0 Å². The first-order valence-corrected chi connectivity index (χ1v) is 8.82. The minimum atomic E-state index is -2.82. The molecule has 1 amide bonds. The molecule has 6 heteroatoms. The van der Waals surface area contributed by atoms with Gasteiger partial charge in [-0.25, -0.2) is 8.42 Å². The predicted octanol–water partition coefficient (Wildman–Crippen LogP) is 2.00. The second-order valence-corrected chi connectivity index (χ2v) is 7.97. The van der Waals surface area contributed by atoms with Crippen LogP contribution in [0.2, 0.25) is 0 Å². The largest absolute Gasteiger partial charge is 0.352 e. The maximum Gasteiger partial charge on any atom is 0.251 e. The van der Waals surface area contributed by atoms with Crippen molar-refractivity contribution in [2.75, 3.05) is 18.1 Å². The summed E-state index contributed by atoms with van der Waals surface area (Å²) in [5.74, 6) is 0.617. The van der Waals surface area contributed by atoms with Gasteiger partial charge in [-0.05, 0) is 37.0 Å². The Hall–Kier alpha value is -0.880. The van der Waals surface area contributed by atoms with Crippen LogP contribution in [-0.4, -0.2) is 32.4 Å². The highest BCUT2D eigenvalue weighted by Crippen LogP contribution is 2.21. The molecule has 0 aliphatic carbocycles. The lowest BCUT2D eigenvalue weighted by atomic mass is 10.1. The van der Waals surface area contributed by atoms with Gasteiger partial charge in [0.15, 0.2) is 9.84 Å². The van der Waals surface area contributed by atoms with E-state index in [1.54, 1.807) is 12.1 Å². The van der Waals surface area contributed by atoms with Crippen LogP contribution in [-0.2, 0) is 9.84 Å². The van der Waals surface area contributed by atoms with Gasteiger partial charge in [-0.15, -0.1) is 0 Å². The number of hydrogen-bond acceptors (Lipinski definition) is 3. The molecule has 0 spiro atoms. The zero-order valence-corrected chi connectivity index (χ0v) is 12.8. The van der Waals surface area contributed by atoms with E-state index in [0.29, 0.717) is 12.1 Å². The summed E-state index contributed by atoms with van der Waals surface area (Å²) >= 11 is 3.32. The van der Waals surface area contributed by atoms with E-state index >= 15 is 0 Å². The number of benzene rings is 1. The van der Waals surface area contributed by atoms with E-state index in [9.17, 15) is 13.2 Å². The van der Waals surface area contributed by atoms with Gasteiger partial charge in [-0.1, -0.05) is 22.0 Å². The van der Waals surface area contributed by atoms with E-state index in [-0.39, 0.29) is 23.3 Å². The summed E-state index contributed by atoms with van der Waals surface area (Å²) in [5, 5.41) is 2.83. The summed E-state index contributed by atoms with van der Waals surface area (Å²) in [6, 6.07) is 7.18. The summed E-state index contributed by atoms with van der Waals surface area (Å²) in [6.07, 6.45) is 1.44. The molecule has 1 heterocycles. The smallest absolute Gasteiger partial charge is 0.251 e. The van der Waals surface area contributed by atoms with Crippen LogP contribution in [0, 0.1) is 5.92 Å². The number of rotatable bonds is 4. The lowest BCUT2D eigenvalue weighted by Crippen LogP contribution is -2.26. The molecule has 1 aromatic carbocycles. The Kier molecular flexibility index (Phi) is 4.62. The number of hydrogen-bond donors (Lipinski definition) is 1. The summed E-state index contributed by atoms with van der Waals surface area (Å²) in [7, 11) is -2.82. The fourth-order valence-electron chi connectivity index (χ4n) is 2.22. The third-order valence-electron chi connectivity index (χ3n) is 3.25. The van der Waals surface area contributed by atoms with E-state index in [1.165, 1.54) is 0 Å². The molecule has 1 N–H and O–H groups in total. The van der Waals surface area contributed by atoms with Crippen molar-refractivity contribution in [3.8, 4) is 0 Å². The molecular formula is C13H16BrNO3S. The molecule has 1 fully saturated rings. The molecule has 0 saturated carbocycles. The van der Waals surface area contributed by atoms with Crippen molar-refractivity contribution < 1.29 is 13.2 Å². The molecule has 104 valence electrons. The van der Waals surface area contributed by atoms with Crippen LogP contribution in [0.25, 0.3) is 0 Å². The number of carbonyl (C=O) groups excluding carboxylic acids is 1. The fourth-order valence-corrected chi connectivity index (χ4v) is 4.53. The van der Waals surface area contributed by atoms with Crippen molar-refractivity contribution in [1.82, 2.24) is 5.32 Å². The first kappa shape index (κ1) is 14.5. The Bertz CT molecular complexity index is 571. The second-order valence-electron chi connectivity index (χ2n) is 4.82. The van der Waals surface area contributed by atoms with Crippen molar-refractivity contribution in [3.05, 3.63) is 34.3 Å². The first-order chi connectivity index (χ1) is 8.96. The van der Waals surface area contributed by atoms with Crippen molar-refractivity contribution in [1.29, 1.82) is 0 Å². The van der Waals surface area contributed by atoms with Gasteiger partial charge in [-0.3, -0.25) is 4.79 Å². The Morgan fingerprint density at radius 3 is 2.84 bits per heavy atom. The van der Waals surface area contributed by atoms with Crippen LogP contribution in [0.3, 0.4) is 0 Å². The third kappa shape index (κ3) is 4.31. The van der Waals surface area contributed by atoms with Crippen LogP contribution in [0.15, 0.2) is 28.7 Å². The number of amides is 1. The maximum absolute atomic E-state index is 11.8. The Labute approximate surface area is 121 Å². The van der Waals surface area contributed by atoms with Gasteiger partial charge in [0, 0.05) is 16.6 Å². The van der Waals surface area contributed by atoms with Gasteiger partial charge >= 0.3 is 0 Å². The maximum atomic E-state index is 11.8. The molecule has 0 bridgehead atoms. The number of sulfone groups is 1. The highest BCUT2D eigenvalue weighted by molar-refractivity contribution is 9.10. The van der Waals surface area contributed by atoms with Crippen LogP contribution in [0.5, 0.6) is 0 Å². The lowest BCUT2D eigenvalue weighted by Gasteiger charge is -2.09. The summed E-state index contributed by atoms with van der Waals surface area (Å²) in [5.41, 5.74) is 0.605. The van der Waals surface area contributed by atoms with Crippen molar-refractivity contribution in [2.24, 2.45) is 5.92 Å². The van der Waals surface area contributed by atoms with Crippen LogP contribution >= 0.6 is 15.9 Å². The minimum Gasteiger partial charge on any atom is -0.352 e. The molecule has 1 aliphatic heterocycles. The molecule has 1 aliphatic rings. The molecule has 1 unspecified atom stereocenters. The monoisotopic (exact) mass is 345 g/mol.